The normalized spacial score (nSPS) is 30.5. The molecule has 2 fully saturated rings. The minimum atomic E-state index is 0.220. The van der Waals surface area contributed by atoms with Crippen molar-refractivity contribution < 1.29 is 0 Å². The molecule has 2 aliphatic rings. The van der Waals surface area contributed by atoms with Crippen molar-refractivity contribution in [2.45, 2.75) is 83.7 Å². The lowest BCUT2D eigenvalue weighted by molar-refractivity contribution is 0.223. The smallest absolute Gasteiger partial charge is 0.147 e. The summed E-state index contributed by atoms with van der Waals surface area (Å²) in [5.41, 5.74) is 21.0. The lowest BCUT2D eigenvalue weighted by Gasteiger charge is -2.30. The highest BCUT2D eigenvalue weighted by atomic mass is 15.1. The molecule has 6 heteroatoms. The number of hydrogen-bond donors (Lipinski definition) is 3. The molecule has 0 saturated heterocycles. The van der Waals surface area contributed by atoms with Crippen LogP contribution in [0, 0.1) is 17.3 Å². The summed E-state index contributed by atoms with van der Waals surface area (Å²) in [5, 5.41) is 0.776. The van der Waals surface area contributed by atoms with Gasteiger partial charge in [-0.05, 0) is 49.4 Å². The van der Waals surface area contributed by atoms with Gasteiger partial charge in [-0.15, -0.1) is 0 Å². The second kappa shape index (κ2) is 7.54. The van der Waals surface area contributed by atoms with Crippen molar-refractivity contribution in [3.05, 3.63) is 12.5 Å². The van der Waals surface area contributed by atoms with Crippen molar-refractivity contribution in [3.8, 4) is 0 Å². The first kappa shape index (κ1) is 19.5. The zero-order valence-electron chi connectivity index (χ0n) is 17.4. The molecule has 2 aromatic heterocycles. The molecule has 4 rings (SSSR count). The van der Waals surface area contributed by atoms with Crippen molar-refractivity contribution in [1.82, 2.24) is 14.5 Å². The van der Waals surface area contributed by atoms with Crippen LogP contribution in [-0.4, -0.2) is 20.6 Å². The largest absolute Gasteiger partial charge is 0.397 e. The molecule has 0 amide bonds. The molecule has 6 N–H and O–H groups in total. The summed E-state index contributed by atoms with van der Waals surface area (Å²) in [7, 11) is 0. The van der Waals surface area contributed by atoms with Crippen LogP contribution in [0.1, 0.15) is 77.7 Å². The fraction of sp³-hybridized carbons (Fsp3) is 0.727. The van der Waals surface area contributed by atoms with Gasteiger partial charge in [0.1, 0.15) is 17.8 Å². The highest BCUT2D eigenvalue weighted by molar-refractivity contribution is 5.97. The van der Waals surface area contributed by atoms with Crippen molar-refractivity contribution in [2.75, 3.05) is 11.5 Å². The molecular weight excluding hydrogens is 348 g/mol. The maximum Gasteiger partial charge on any atom is 0.147 e. The zero-order chi connectivity index (χ0) is 19.9. The first-order valence-corrected chi connectivity index (χ1v) is 11.0. The molecule has 0 spiro atoms. The molecule has 0 aromatic carbocycles. The van der Waals surface area contributed by atoms with Crippen molar-refractivity contribution in [3.63, 3.8) is 0 Å². The second-order valence-corrected chi connectivity index (χ2v) is 9.71. The third-order valence-corrected chi connectivity index (χ3v) is 7.76. The summed E-state index contributed by atoms with van der Waals surface area (Å²) < 4.78 is 2.21. The number of rotatable bonds is 4. The Morgan fingerprint density at radius 1 is 1.14 bits per heavy atom. The monoisotopic (exact) mass is 384 g/mol. The molecular formula is C22H36N6. The summed E-state index contributed by atoms with van der Waals surface area (Å²) in [6, 6.07) is 0.535. The van der Waals surface area contributed by atoms with Gasteiger partial charge in [0.25, 0.3) is 0 Å². The molecule has 154 valence electrons. The minimum Gasteiger partial charge on any atom is -0.397 e. The van der Waals surface area contributed by atoms with Gasteiger partial charge in [0, 0.05) is 18.3 Å². The highest BCUT2D eigenvalue weighted by Crippen LogP contribution is 2.46. The van der Waals surface area contributed by atoms with E-state index < -0.39 is 0 Å². The van der Waals surface area contributed by atoms with E-state index >= 15 is 0 Å². The van der Waals surface area contributed by atoms with E-state index in [0.29, 0.717) is 34.8 Å². The van der Waals surface area contributed by atoms with E-state index in [1.807, 2.05) is 6.20 Å². The Bertz CT molecular complexity index is 820. The first-order valence-electron chi connectivity index (χ1n) is 11.0. The quantitative estimate of drug-likeness (QED) is 0.682. The third-order valence-electron chi connectivity index (χ3n) is 7.76. The molecule has 0 radical (unpaired) electrons. The van der Waals surface area contributed by atoms with E-state index in [-0.39, 0.29) is 6.04 Å². The number of anilines is 2. The summed E-state index contributed by atoms with van der Waals surface area (Å²) in [4.78, 5) is 8.59. The van der Waals surface area contributed by atoms with Crippen molar-refractivity contribution in [1.29, 1.82) is 0 Å². The minimum absolute atomic E-state index is 0.220. The lowest BCUT2D eigenvalue weighted by atomic mass is 9.76. The topological polar surface area (TPSA) is 109 Å². The zero-order valence-corrected chi connectivity index (χ0v) is 17.4. The van der Waals surface area contributed by atoms with Crippen LogP contribution < -0.4 is 17.2 Å². The van der Waals surface area contributed by atoms with Crippen molar-refractivity contribution in [2.24, 2.45) is 23.0 Å². The number of hydrogen-bond acceptors (Lipinski definition) is 5. The van der Waals surface area contributed by atoms with Crippen molar-refractivity contribution >= 4 is 22.5 Å². The molecule has 0 bridgehead atoms. The average Bonchev–Trinajstić information content (AvgIpc) is 3.04. The number of aromatic nitrogens is 3. The van der Waals surface area contributed by atoms with E-state index in [4.69, 9.17) is 17.2 Å². The number of nitrogens with two attached hydrogens (primary N) is 3. The van der Waals surface area contributed by atoms with Gasteiger partial charge in [-0.25, -0.2) is 9.97 Å². The van der Waals surface area contributed by atoms with Gasteiger partial charge in [-0.1, -0.05) is 39.5 Å². The van der Waals surface area contributed by atoms with E-state index in [9.17, 15) is 0 Å². The molecule has 6 nitrogen and oxygen atoms in total. The molecule has 0 aliphatic heterocycles. The Balaban J connectivity index is 1.51. The maximum atomic E-state index is 6.72. The highest BCUT2D eigenvalue weighted by Gasteiger charge is 2.41. The number of nitrogens with zero attached hydrogens (tertiary/aromatic N) is 3. The molecule has 2 aliphatic carbocycles. The second-order valence-electron chi connectivity index (χ2n) is 9.71. The van der Waals surface area contributed by atoms with Gasteiger partial charge in [-0.2, -0.15) is 0 Å². The predicted molar refractivity (Wildman–Crippen MR) is 116 cm³/mol. The average molecular weight is 385 g/mol. The molecule has 2 unspecified atom stereocenters. The summed E-state index contributed by atoms with van der Waals surface area (Å²) in [5.74, 6) is 1.39. The SMILES string of the molecule is C[C@H]1C(n2cc(N)c3c(N)ncnc32)CC(CCC2(C)CCCCCC2)[C@H]1N. The van der Waals surface area contributed by atoms with E-state index in [1.54, 1.807) is 0 Å². The molecule has 4 atom stereocenters. The number of nitrogen functional groups attached to an aromatic ring is 2. The van der Waals surface area contributed by atoms with Gasteiger partial charge in [-0.3, -0.25) is 0 Å². The van der Waals surface area contributed by atoms with Gasteiger partial charge in [0.05, 0.1) is 11.1 Å². The lowest BCUT2D eigenvalue weighted by Crippen LogP contribution is -2.32. The Labute approximate surface area is 168 Å². The van der Waals surface area contributed by atoms with Crippen LogP contribution in [-0.2, 0) is 0 Å². The Morgan fingerprint density at radius 2 is 1.86 bits per heavy atom. The van der Waals surface area contributed by atoms with Crippen LogP contribution >= 0.6 is 0 Å². The number of fused-ring (bicyclic) bond motifs is 1. The van der Waals surface area contributed by atoms with Gasteiger partial charge < -0.3 is 21.8 Å². The van der Waals surface area contributed by atoms with Crippen LogP contribution in [0.3, 0.4) is 0 Å². The fourth-order valence-corrected chi connectivity index (χ4v) is 5.80. The third kappa shape index (κ3) is 3.47. The molecule has 2 aromatic rings. The Morgan fingerprint density at radius 3 is 2.57 bits per heavy atom. The fourth-order valence-electron chi connectivity index (χ4n) is 5.80. The molecule has 2 saturated carbocycles. The van der Waals surface area contributed by atoms with Gasteiger partial charge in [0.2, 0.25) is 0 Å². The van der Waals surface area contributed by atoms with Crippen LogP contribution in [0.5, 0.6) is 0 Å². The summed E-state index contributed by atoms with van der Waals surface area (Å²) in [6.07, 6.45) is 15.5. The summed E-state index contributed by atoms with van der Waals surface area (Å²) in [6.45, 7) is 4.77. The van der Waals surface area contributed by atoms with E-state index in [0.717, 1.165) is 17.5 Å². The van der Waals surface area contributed by atoms with Crippen LogP contribution in [0.4, 0.5) is 11.5 Å². The molecule has 2 heterocycles. The Kier molecular flexibility index (Phi) is 5.25. The first-order chi connectivity index (χ1) is 13.4. The van der Waals surface area contributed by atoms with Gasteiger partial charge in [0.15, 0.2) is 0 Å². The maximum absolute atomic E-state index is 6.72. The summed E-state index contributed by atoms with van der Waals surface area (Å²) >= 11 is 0. The standard InChI is InChI=1S/C22H36N6/c1-14-17(28-12-16(23)18-20(25)26-13-27-21(18)28)11-15(19(14)24)7-10-22(2)8-5-3-4-6-9-22/h12-15,17,19H,3-11,23-24H2,1-2H3,(H2,25,26,27)/t14-,15?,17?,19-/m0/s1. The van der Waals surface area contributed by atoms with Gasteiger partial charge >= 0.3 is 0 Å². The van der Waals surface area contributed by atoms with Crippen LogP contribution in [0.15, 0.2) is 12.5 Å². The van der Waals surface area contributed by atoms with Crippen LogP contribution in [0.2, 0.25) is 0 Å². The Hall–Kier alpha value is -1.82. The van der Waals surface area contributed by atoms with Crippen LogP contribution in [0.25, 0.3) is 11.0 Å². The molecule has 28 heavy (non-hydrogen) atoms. The predicted octanol–water partition coefficient (Wildman–Crippen LogP) is 4.26. The van der Waals surface area contributed by atoms with E-state index in [2.05, 4.69) is 28.4 Å². The van der Waals surface area contributed by atoms with E-state index in [1.165, 1.54) is 57.7 Å².